The molecule has 0 unspecified atom stereocenters. The van der Waals surface area contributed by atoms with Crippen molar-refractivity contribution in [2.24, 2.45) is 11.7 Å². The third kappa shape index (κ3) is 2.53. The van der Waals surface area contributed by atoms with Crippen LogP contribution in [0, 0.1) is 5.92 Å². The fraction of sp³-hybridized carbons (Fsp3) is 0.500. The van der Waals surface area contributed by atoms with Crippen molar-refractivity contribution in [2.45, 2.75) is 39.3 Å². The van der Waals surface area contributed by atoms with Gasteiger partial charge in [0.15, 0.2) is 0 Å². The highest BCUT2D eigenvalue weighted by atomic mass is 16.5. The SMILES string of the molecule is CC[C@@H]1[C@H](C)[C@@H](N)c2cc(C(=O)OC)ccc2N1C(C)=O. The molecule has 0 saturated carbocycles. The molecule has 0 aromatic heterocycles. The monoisotopic (exact) mass is 290 g/mol. The van der Waals surface area contributed by atoms with Gasteiger partial charge in [-0.05, 0) is 36.1 Å². The molecular weight excluding hydrogens is 268 g/mol. The third-order valence-electron chi connectivity index (χ3n) is 4.33. The molecule has 114 valence electrons. The van der Waals surface area contributed by atoms with Crippen molar-refractivity contribution in [1.29, 1.82) is 0 Å². The predicted molar refractivity (Wildman–Crippen MR) is 81.1 cm³/mol. The van der Waals surface area contributed by atoms with Crippen LogP contribution in [0.25, 0.3) is 0 Å². The Balaban J connectivity index is 2.57. The lowest BCUT2D eigenvalue weighted by Crippen LogP contribution is -2.50. The molecule has 5 heteroatoms. The van der Waals surface area contributed by atoms with Crippen molar-refractivity contribution in [3.05, 3.63) is 29.3 Å². The summed E-state index contributed by atoms with van der Waals surface area (Å²) in [7, 11) is 1.35. The van der Waals surface area contributed by atoms with Gasteiger partial charge < -0.3 is 15.4 Å². The van der Waals surface area contributed by atoms with Gasteiger partial charge in [0.2, 0.25) is 5.91 Å². The highest BCUT2D eigenvalue weighted by Crippen LogP contribution is 2.41. The zero-order chi connectivity index (χ0) is 15.7. The molecule has 0 fully saturated rings. The number of amides is 1. The molecule has 2 rings (SSSR count). The summed E-state index contributed by atoms with van der Waals surface area (Å²) in [6, 6.07) is 5.08. The first-order valence-corrected chi connectivity index (χ1v) is 7.20. The molecule has 1 heterocycles. The minimum absolute atomic E-state index is 0.00679. The number of benzene rings is 1. The molecule has 1 aromatic carbocycles. The largest absolute Gasteiger partial charge is 0.465 e. The van der Waals surface area contributed by atoms with Gasteiger partial charge in [-0.25, -0.2) is 4.79 Å². The van der Waals surface area contributed by atoms with Crippen molar-refractivity contribution in [2.75, 3.05) is 12.0 Å². The van der Waals surface area contributed by atoms with E-state index in [1.807, 2.05) is 6.92 Å². The summed E-state index contributed by atoms with van der Waals surface area (Å²) < 4.78 is 4.75. The molecule has 0 radical (unpaired) electrons. The Kier molecular flexibility index (Phi) is 4.32. The number of ether oxygens (including phenoxy) is 1. The van der Waals surface area contributed by atoms with Gasteiger partial charge >= 0.3 is 5.97 Å². The van der Waals surface area contributed by atoms with Crippen molar-refractivity contribution < 1.29 is 14.3 Å². The number of rotatable bonds is 2. The first-order chi connectivity index (χ1) is 9.92. The Morgan fingerprint density at radius 3 is 2.57 bits per heavy atom. The number of hydrogen-bond acceptors (Lipinski definition) is 4. The van der Waals surface area contributed by atoms with E-state index in [1.165, 1.54) is 7.11 Å². The first kappa shape index (κ1) is 15.5. The summed E-state index contributed by atoms with van der Waals surface area (Å²) in [6.07, 6.45) is 0.840. The molecule has 1 aliphatic rings. The molecule has 21 heavy (non-hydrogen) atoms. The molecule has 0 bridgehead atoms. The van der Waals surface area contributed by atoms with Crippen LogP contribution in [-0.2, 0) is 9.53 Å². The summed E-state index contributed by atoms with van der Waals surface area (Å²) >= 11 is 0. The van der Waals surface area contributed by atoms with Gasteiger partial charge in [0, 0.05) is 24.7 Å². The normalized spacial score (nSPS) is 24.4. The van der Waals surface area contributed by atoms with E-state index in [9.17, 15) is 9.59 Å². The van der Waals surface area contributed by atoms with Crippen LogP contribution in [-0.4, -0.2) is 25.0 Å². The average Bonchev–Trinajstić information content (AvgIpc) is 2.48. The molecule has 0 saturated heterocycles. The molecule has 2 N–H and O–H groups in total. The highest BCUT2D eigenvalue weighted by molar-refractivity contribution is 5.96. The van der Waals surface area contributed by atoms with Gasteiger partial charge in [0.25, 0.3) is 0 Å². The van der Waals surface area contributed by atoms with Crippen molar-refractivity contribution >= 4 is 17.6 Å². The summed E-state index contributed by atoms with van der Waals surface area (Å²) in [5.41, 5.74) is 8.42. The lowest BCUT2D eigenvalue weighted by atomic mass is 9.81. The third-order valence-corrected chi connectivity index (χ3v) is 4.33. The summed E-state index contributed by atoms with van der Waals surface area (Å²) in [6.45, 7) is 5.66. The minimum atomic E-state index is -0.398. The molecular formula is C16H22N2O3. The van der Waals surface area contributed by atoms with E-state index < -0.39 is 5.97 Å². The number of methoxy groups -OCH3 is 1. The van der Waals surface area contributed by atoms with E-state index >= 15 is 0 Å². The van der Waals surface area contributed by atoms with E-state index in [2.05, 4.69) is 6.92 Å². The van der Waals surface area contributed by atoms with E-state index in [4.69, 9.17) is 10.5 Å². The maximum atomic E-state index is 12.1. The number of fused-ring (bicyclic) bond motifs is 1. The quantitative estimate of drug-likeness (QED) is 0.848. The van der Waals surface area contributed by atoms with Gasteiger partial charge in [0.05, 0.1) is 12.7 Å². The van der Waals surface area contributed by atoms with E-state index in [-0.39, 0.29) is 23.9 Å². The van der Waals surface area contributed by atoms with Crippen LogP contribution in [0.1, 0.15) is 49.2 Å². The number of hydrogen-bond donors (Lipinski definition) is 1. The van der Waals surface area contributed by atoms with E-state index in [0.29, 0.717) is 5.56 Å². The molecule has 1 aromatic rings. The Hall–Kier alpha value is -1.88. The molecule has 3 atom stereocenters. The van der Waals surface area contributed by atoms with Crippen LogP contribution in [0.15, 0.2) is 18.2 Å². The van der Waals surface area contributed by atoms with Crippen LogP contribution in [0.5, 0.6) is 0 Å². The minimum Gasteiger partial charge on any atom is -0.465 e. The molecule has 0 aliphatic carbocycles. The van der Waals surface area contributed by atoms with E-state index in [0.717, 1.165) is 17.7 Å². The maximum Gasteiger partial charge on any atom is 0.337 e. The zero-order valence-electron chi connectivity index (χ0n) is 12.9. The van der Waals surface area contributed by atoms with Crippen molar-refractivity contribution in [1.82, 2.24) is 0 Å². The van der Waals surface area contributed by atoms with Gasteiger partial charge in [-0.2, -0.15) is 0 Å². The number of carbonyl (C=O) groups excluding carboxylic acids is 2. The summed E-state index contributed by atoms with van der Waals surface area (Å²) in [5, 5.41) is 0. The fourth-order valence-corrected chi connectivity index (χ4v) is 3.18. The Morgan fingerprint density at radius 2 is 2.05 bits per heavy atom. The lowest BCUT2D eigenvalue weighted by molar-refractivity contribution is -0.117. The second kappa shape index (κ2) is 5.85. The van der Waals surface area contributed by atoms with Crippen LogP contribution in [0.2, 0.25) is 0 Å². The number of carbonyl (C=O) groups is 2. The van der Waals surface area contributed by atoms with Gasteiger partial charge in [-0.1, -0.05) is 13.8 Å². The van der Waals surface area contributed by atoms with Crippen LogP contribution < -0.4 is 10.6 Å². The van der Waals surface area contributed by atoms with E-state index in [1.54, 1.807) is 30.0 Å². The standard InChI is InChI=1S/C16H22N2O3/c1-5-13-9(2)15(17)12-8-11(16(20)21-4)6-7-14(12)18(13)10(3)19/h6-9,13,15H,5,17H2,1-4H3/t9-,13+,15+/m0/s1. The van der Waals surface area contributed by atoms with Gasteiger partial charge in [-0.15, -0.1) is 0 Å². The number of nitrogens with zero attached hydrogens (tertiary/aromatic N) is 1. The Morgan fingerprint density at radius 1 is 1.38 bits per heavy atom. The highest BCUT2D eigenvalue weighted by Gasteiger charge is 2.38. The summed E-state index contributed by atoms with van der Waals surface area (Å²) in [4.78, 5) is 25.5. The number of anilines is 1. The molecule has 1 aliphatic heterocycles. The molecule has 0 spiro atoms. The topological polar surface area (TPSA) is 72.6 Å². The average molecular weight is 290 g/mol. The number of esters is 1. The summed E-state index contributed by atoms with van der Waals surface area (Å²) in [5.74, 6) is -0.281. The maximum absolute atomic E-state index is 12.1. The van der Waals surface area contributed by atoms with Crippen molar-refractivity contribution in [3.8, 4) is 0 Å². The molecule has 5 nitrogen and oxygen atoms in total. The number of nitrogens with two attached hydrogens (primary N) is 1. The Labute approximate surface area is 125 Å². The van der Waals surface area contributed by atoms with Gasteiger partial charge in [0.1, 0.15) is 0 Å². The zero-order valence-corrected chi connectivity index (χ0v) is 12.9. The van der Waals surface area contributed by atoms with Crippen LogP contribution >= 0.6 is 0 Å². The lowest BCUT2D eigenvalue weighted by Gasteiger charge is -2.43. The second-order valence-corrected chi connectivity index (χ2v) is 5.51. The smallest absolute Gasteiger partial charge is 0.337 e. The second-order valence-electron chi connectivity index (χ2n) is 5.51. The molecule has 1 amide bonds. The Bertz CT molecular complexity index is 571. The predicted octanol–water partition coefficient (Wildman–Crippen LogP) is 2.25. The van der Waals surface area contributed by atoms with Crippen LogP contribution in [0.3, 0.4) is 0 Å². The fourth-order valence-electron chi connectivity index (χ4n) is 3.18. The van der Waals surface area contributed by atoms with Crippen molar-refractivity contribution in [3.63, 3.8) is 0 Å². The van der Waals surface area contributed by atoms with Crippen LogP contribution in [0.4, 0.5) is 5.69 Å². The first-order valence-electron chi connectivity index (χ1n) is 7.20. The van der Waals surface area contributed by atoms with Gasteiger partial charge in [-0.3, -0.25) is 4.79 Å².